The minimum absolute atomic E-state index is 0.0808. The van der Waals surface area contributed by atoms with Gasteiger partial charge in [0, 0.05) is 18.8 Å². The van der Waals surface area contributed by atoms with Crippen LogP contribution in [0.15, 0.2) is 46.9 Å². The average Bonchev–Trinajstić information content (AvgIpc) is 3.43. The molecule has 0 bridgehead atoms. The fourth-order valence-electron chi connectivity index (χ4n) is 2.92. The number of rotatable bonds is 10. The maximum absolute atomic E-state index is 13.0. The van der Waals surface area contributed by atoms with Gasteiger partial charge in [-0.05, 0) is 49.6 Å². The van der Waals surface area contributed by atoms with Crippen molar-refractivity contribution in [1.82, 2.24) is 14.8 Å². The van der Waals surface area contributed by atoms with Crippen LogP contribution < -0.4 is 9.64 Å². The fraction of sp³-hybridized carbons (Fsp3) is 0.333. The molecule has 1 amide bonds. The number of nitrogens with zero attached hydrogens (tertiary/aromatic N) is 5. The predicted molar refractivity (Wildman–Crippen MR) is 120 cm³/mol. The van der Waals surface area contributed by atoms with Crippen LogP contribution in [0.1, 0.15) is 20.3 Å². The SMILES string of the molecule is CCOc1ccc(N(CCC#N)C(=O)CSc2nnc(-c3cccs3)n2CC)cc1. The lowest BCUT2D eigenvalue weighted by atomic mass is 10.2. The van der Waals surface area contributed by atoms with E-state index in [1.165, 1.54) is 11.8 Å². The van der Waals surface area contributed by atoms with Gasteiger partial charge in [-0.3, -0.25) is 4.79 Å². The summed E-state index contributed by atoms with van der Waals surface area (Å²) in [6.45, 7) is 5.59. The molecule has 0 spiro atoms. The number of carbonyl (C=O) groups is 1. The second-order valence-electron chi connectivity index (χ2n) is 6.20. The summed E-state index contributed by atoms with van der Waals surface area (Å²) in [5.41, 5.74) is 0.746. The van der Waals surface area contributed by atoms with Gasteiger partial charge in [0.25, 0.3) is 0 Å². The van der Waals surface area contributed by atoms with Gasteiger partial charge in [-0.15, -0.1) is 21.5 Å². The zero-order valence-electron chi connectivity index (χ0n) is 16.9. The number of hydrogen-bond donors (Lipinski definition) is 0. The molecule has 0 aliphatic rings. The van der Waals surface area contributed by atoms with E-state index < -0.39 is 0 Å². The lowest BCUT2D eigenvalue weighted by Crippen LogP contribution is -2.33. The Hall–Kier alpha value is -2.83. The van der Waals surface area contributed by atoms with Crippen LogP contribution in [0.2, 0.25) is 0 Å². The molecule has 30 heavy (non-hydrogen) atoms. The predicted octanol–water partition coefficient (Wildman–Crippen LogP) is 4.46. The normalized spacial score (nSPS) is 10.6. The van der Waals surface area contributed by atoms with Crippen LogP contribution in [-0.4, -0.2) is 39.6 Å². The minimum Gasteiger partial charge on any atom is -0.494 e. The lowest BCUT2D eigenvalue weighted by Gasteiger charge is -2.22. The Balaban J connectivity index is 1.72. The molecule has 0 radical (unpaired) electrons. The van der Waals surface area contributed by atoms with Crippen LogP contribution in [0.5, 0.6) is 5.75 Å². The van der Waals surface area contributed by atoms with Crippen molar-refractivity contribution in [2.45, 2.75) is 32.0 Å². The summed E-state index contributed by atoms with van der Waals surface area (Å²) in [6.07, 6.45) is 0.261. The van der Waals surface area contributed by atoms with Crippen molar-refractivity contribution < 1.29 is 9.53 Å². The third-order valence-electron chi connectivity index (χ3n) is 4.31. The van der Waals surface area contributed by atoms with E-state index in [-0.39, 0.29) is 18.1 Å². The van der Waals surface area contributed by atoms with E-state index in [9.17, 15) is 4.79 Å². The van der Waals surface area contributed by atoms with Crippen LogP contribution in [0.3, 0.4) is 0 Å². The monoisotopic (exact) mass is 441 g/mol. The zero-order valence-corrected chi connectivity index (χ0v) is 18.6. The summed E-state index contributed by atoms with van der Waals surface area (Å²) in [5, 5.41) is 20.3. The molecule has 3 aromatic rings. The largest absolute Gasteiger partial charge is 0.494 e. The number of thioether (sulfide) groups is 1. The average molecular weight is 442 g/mol. The van der Waals surface area contributed by atoms with Gasteiger partial charge in [-0.25, -0.2) is 0 Å². The van der Waals surface area contributed by atoms with Gasteiger partial charge < -0.3 is 14.2 Å². The number of amides is 1. The van der Waals surface area contributed by atoms with E-state index in [4.69, 9.17) is 10.00 Å². The van der Waals surface area contributed by atoms with Crippen molar-refractivity contribution in [3.05, 3.63) is 41.8 Å². The summed E-state index contributed by atoms with van der Waals surface area (Å²) in [5.74, 6) is 1.69. The quantitative estimate of drug-likeness (QED) is 0.432. The van der Waals surface area contributed by atoms with Crippen molar-refractivity contribution in [3.8, 4) is 22.5 Å². The summed E-state index contributed by atoms with van der Waals surface area (Å²) >= 11 is 2.97. The Morgan fingerprint density at radius 3 is 2.70 bits per heavy atom. The Kier molecular flexibility index (Phi) is 7.88. The summed E-state index contributed by atoms with van der Waals surface area (Å²) in [6, 6.07) is 13.5. The first kappa shape index (κ1) is 21.9. The summed E-state index contributed by atoms with van der Waals surface area (Å²) in [4.78, 5) is 15.7. The van der Waals surface area contributed by atoms with Crippen molar-refractivity contribution in [2.24, 2.45) is 0 Å². The molecule has 0 fully saturated rings. The Morgan fingerprint density at radius 1 is 1.27 bits per heavy atom. The molecule has 0 saturated heterocycles. The van der Waals surface area contributed by atoms with Gasteiger partial charge >= 0.3 is 0 Å². The van der Waals surface area contributed by atoms with E-state index >= 15 is 0 Å². The molecule has 0 atom stereocenters. The number of carbonyl (C=O) groups excluding carboxylic acids is 1. The number of hydrogen-bond acceptors (Lipinski definition) is 7. The third-order valence-corrected chi connectivity index (χ3v) is 6.12. The maximum atomic E-state index is 13.0. The van der Waals surface area contributed by atoms with Gasteiger partial charge in [-0.2, -0.15) is 5.26 Å². The van der Waals surface area contributed by atoms with Crippen LogP contribution in [0, 0.1) is 11.3 Å². The molecule has 0 unspecified atom stereocenters. The van der Waals surface area contributed by atoms with E-state index in [1.54, 1.807) is 16.2 Å². The molecule has 3 rings (SSSR count). The number of nitriles is 1. The first-order valence-corrected chi connectivity index (χ1v) is 11.5. The molecule has 2 aromatic heterocycles. The van der Waals surface area contributed by atoms with Gasteiger partial charge in [0.2, 0.25) is 5.91 Å². The number of ether oxygens (including phenoxy) is 1. The second-order valence-corrected chi connectivity index (χ2v) is 8.09. The number of anilines is 1. The molecule has 1 aromatic carbocycles. The van der Waals surface area contributed by atoms with Crippen LogP contribution in [0.4, 0.5) is 5.69 Å². The van der Waals surface area contributed by atoms with E-state index in [0.717, 1.165) is 22.1 Å². The Bertz CT molecular complexity index is 994. The van der Waals surface area contributed by atoms with Gasteiger partial charge in [0.1, 0.15) is 5.75 Å². The number of benzene rings is 1. The Morgan fingerprint density at radius 2 is 2.07 bits per heavy atom. The first-order valence-electron chi connectivity index (χ1n) is 9.68. The molecule has 0 aliphatic carbocycles. The van der Waals surface area contributed by atoms with Crippen molar-refractivity contribution in [1.29, 1.82) is 5.26 Å². The highest BCUT2D eigenvalue weighted by molar-refractivity contribution is 7.99. The molecule has 0 saturated carbocycles. The smallest absolute Gasteiger partial charge is 0.237 e. The van der Waals surface area contributed by atoms with Gasteiger partial charge in [0.15, 0.2) is 11.0 Å². The van der Waals surface area contributed by atoms with Crippen molar-refractivity contribution in [3.63, 3.8) is 0 Å². The first-order chi connectivity index (χ1) is 14.7. The standard InChI is InChI=1S/C21H23N5O2S2/c1-3-25-20(18-7-5-14-29-18)23-24-21(25)30-15-19(27)26(13-6-12-22)16-8-10-17(11-9-16)28-4-2/h5,7-11,14H,3-4,6,13,15H2,1-2H3. The van der Waals surface area contributed by atoms with E-state index in [0.29, 0.717) is 24.9 Å². The van der Waals surface area contributed by atoms with Crippen LogP contribution >= 0.6 is 23.1 Å². The lowest BCUT2D eigenvalue weighted by molar-refractivity contribution is -0.116. The van der Waals surface area contributed by atoms with E-state index in [2.05, 4.69) is 16.3 Å². The fourth-order valence-corrected chi connectivity index (χ4v) is 4.52. The Labute approximate surface area is 184 Å². The molecular weight excluding hydrogens is 418 g/mol. The highest BCUT2D eigenvalue weighted by Crippen LogP contribution is 2.28. The number of aromatic nitrogens is 3. The van der Waals surface area contributed by atoms with Crippen molar-refractivity contribution >= 4 is 34.7 Å². The summed E-state index contributed by atoms with van der Waals surface area (Å²) in [7, 11) is 0. The maximum Gasteiger partial charge on any atom is 0.237 e. The topological polar surface area (TPSA) is 84.0 Å². The van der Waals surface area contributed by atoms with E-state index in [1.807, 2.05) is 60.2 Å². The molecule has 0 N–H and O–H groups in total. The highest BCUT2D eigenvalue weighted by Gasteiger charge is 2.19. The van der Waals surface area contributed by atoms with Crippen molar-refractivity contribution in [2.75, 3.05) is 23.8 Å². The number of thiophene rings is 1. The minimum atomic E-state index is -0.0808. The molecule has 0 aliphatic heterocycles. The molecule has 2 heterocycles. The molecule has 9 heteroatoms. The highest BCUT2D eigenvalue weighted by atomic mass is 32.2. The van der Waals surface area contributed by atoms with Gasteiger partial charge in [0.05, 0.1) is 29.7 Å². The van der Waals surface area contributed by atoms with Crippen LogP contribution in [0.25, 0.3) is 10.7 Å². The van der Waals surface area contributed by atoms with Crippen LogP contribution in [-0.2, 0) is 11.3 Å². The summed E-state index contributed by atoms with van der Waals surface area (Å²) < 4.78 is 7.48. The van der Waals surface area contributed by atoms with Gasteiger partial charge in [-0.1, -0.05) is 17.8 Å². The molecule has 156 valence electrons. The second kappa shape index (κ2) is 10.8. The third kappa shape index (κ3) is 5.20. The molecule has 7 nitrogen and oxygen atoms in total. The molecular formula is C21H23N5O2S2. The zero-order chi connectivity index (χ0) is 21.3.